The number of aromatic carboxylic acids is 1. The van der Waals surface area contributed by atoms with Crippen molar-refractivity contribution in [2.24, 2.45) is 0 Å². The number of rotatable bonds is 10. The summed E-state index contributed by atoms with van der Waals surface area (Å²) in [6.07, 6.45) is 2.21. The standard InChI is InChI=1S/C16H23NO6S/c1-3-4-5-6-24(21,22)11-15(18)17-14-8-12(10-23-2)7-13(9-14)16(19)20/h7-9H,3-6,10-11H2,1-2H3,(H,17,18)(H,19,20). The SMILES string of the molecule is CCCCCS(=O)(=O)CC(=O)Nc1cc(COC)cc(C(=O)O)c1. The number of nitrogens with one attached hydrogen (secondary N) is 1. The van der Waals surface area contributed by atoms with Crippen LogP contribution in [0, 0.1) is 0 Å². The van der Waals surface area contributed by atoms with E-state index in [1.165, 1.54) is 19.2 Å². The third kappa shape index (κ3) is 7.10. The molecule has 0 aliphatic carbocycles. The van der Waals surface area contributed by atoms with Gasteiger partial charge in [0.05, 0.1) is 17.9 Å². The Morgan fingerprint density at radius 2 is 1.92 bits per heavy atom. The van der Waals surface area contributed by atoms with Gasteiger partial charge in [-0.15, -0.1) is 0 Å². The van der Waals surface area contributed by atoms with Crippen molar-refractivity contribution in [1.29, 1.82) is 0 Å². The third-order valence-corrected chi connectivity index (χ3v) is 4.86. The number of benzene rings is 1. The van der Waals surface area contributed by atoms with Gasteiger partial charge in [0.15, 0.2) is 9.84 Å². The molecule has 134 valence electrons. The number of hydrogen-bond acceptors (Lipinski definition) is 5. The van der Waals surface area contributed by atoms with Gasteiger partial charge in [0, 0.05) is 12.8 Å². The van der Waals surface area contributed by atoms with Crippen LogP contribution >= 0.6 is 0 Å². The van der Waals surface area contributed by atoms with Gasteiger partial charge in [0.1, 0.15) is 5.75 Å². The van der Waals surface area contributed by atoms with Crippen molar-refractivity contribution in [2.75, 3.05) is 23.9 Å². The van der Waals surface area contributed by atoms with E-state index in [9.17, 15) is 18.0 Å². The van der Waals surface area contributed by atoms with Crippen LogP contribution in [0.15, 0.2) is 18.2 Å². The van der Waals surface area contributed by atoms with Crippen LogP contribution in [0.25, 0.3) is 0 Å². The van der Waals surface area contributed by atoms with Gasteiger partial charge in [-0.2, -0.15) is 0 Å². The van der Waals surface area contributed by atoms with Crippen LogP contribution in [0.4, 0.5) is 5.69 Å². The molecule has 0 saturated carbocycles. The van der Waals surface area contributed by atoms with E-state index in [1.54, 1.807) is 6.07 Å². The first-order valence-corrected chi connectivity index (χ1v) is 9.46. The van der Waals surface area contributed by atoms with Crippen LogP contribution in [-0.4, -0.2) is 44.0 Å². The van der Waals surface area contributed by atoms with Gasteiger partial charge in [-0.1, -0.05) is 19.8 Å². The summed E-state index contributed by atoms with van der Waals surface area (Å²) in [4.78, 5) is 23.1. The number of carbonyl (C=O) groups excluding carboxylic acids is 1. The zero-order valence-electron chi connectivity index (χ0n) is 13.9. The fraction of sp³-hybridized carbons (Fsp3) is 0.500. The number of amides is 1. The number of carboxylic acids is 1. The maximum atomic E-state index is 11.9. The average molecular weight is 357 g/mol. The van der Waals surface area contributed by atoms with Gasteiger partial charge >= 0.3 is 5.97 Å². The molecule has 1 amide bonds. The number of ether oxygens (including phenoxy) is 1. The molecule has 0 heterocycles. The molecule has 7 nitrogen and oxygen atoms in total. The molecule has 0 atom stereocenters. The smallest absolute Gasteiger partial charge is 0.335 e. The minimum atomic E-state index is -3.47. The van der Waals surface area contributed by atoms with Gasteiger partial charge in [-0.3, -0.25) is 4.79 Å². The highest BCUT2D eigenvalue weighted by Crippen LogP contribution is 2.16. The molecular formula is C16H23NO6S. The molecule has 24 heavy (non-hydrogen) atoms. The second-order valence-corrected chi connectivity index (χ2v) is 7.69. The largest absolute Gasteiger partial charge is 0.478 e. The van der Waals surface area contributed by atoms with Crippen LogP contribution in [0.1, 0.15) is 42.1 Å². The van der Waals surface area contributed by atoms with Crippen LogP contribution in [0.5, 0.6) is 0 Å². The lowest BCUT2D eigenvalue weighted by Crippen LogP contribution is -2.25. The van der Waals surface area contributed by atoms with Crippen molar-refractivity contribution in [1.82, 2.24) is 0 Å². The number of methoxy groups -OCH3 is 1. The van der Waals surface area contributed by atoms with E-state index in [0.29, 0.717) is 12.0 Å². The summed E-state index contributed by atoms with van der Waals surface area (Å²) in [6, 6.07) is 4.27. The molecule has 0 radical (unpaired) electrons. The summed E-state index contributed by atoms with van der Waals surface area (Å²) in [5, 5.41) is 11.5. The zero-order chi connectivity index (χ0) is 18.2. The first-order valence-electron chi connectivity index (χ1n) is 7.64. The van der Waals surface area contributed by atoms with Gasteiger partial charge in [0.25, 0.3) is 0 Å². The molecule has 8 heteroatoms. The maximum Gasteiger partial charge on any atom is 0.335 e. The Hall–Kier alpha value is -1.93. The molecule has 1 rings (SSSR count). The minimum Gasteiger partial charge on any atom is -0.478 e. The summed E-state index contributed by atoms with van der Waals surface area (Å²) in [7, 11) is -2.01. The summed E-state index contributed by atoms with van der Waals surface area (Å²) < 4.78 is 28.7. The molecule has 0 unspecified atom stereocenters. The summed E-state index contributed by atoms with van der Waals surface area (Å²) >= 11 is 0. The second-order valence-electron chi connectivity index (χ2n) is 5.50. The van der Waals surface area contributed by atoms with E-state index in [0.717, 1.165) is 12.8 Å². The highest BCUT2D eigenvalue weighted by atomic mass is 32.2. The van der Waals surface area contributed by atoms with Crippen molar-refractivity contribution in [3.8, 4) is 0 Å². The van der Waals surface area contributed by atoms with E-state index in [4.69, 9.17) is 9.84 Å². The molecule has 0 aromatic heterocycles. The number of anilines is 1. The highest BCUT2D eigenvalue weighted by molar-refractivity contribution is 7.92. The quantitative estimate of drug-likeness (QED) is 0.620. The van der Waals surface area contributed by atoms with E-state index in [-0.39, 0.29) is 23.6 Å². The van der Waals surface area contributed by atoms with Crippen molar-refractivity contribution < 1.29 is 27.9 Å². The lowest BCUT2D eigenvalue weighted by molar-refractivity contribution is -0.113. The van der Waals surface area contributed by atoms with Gasteiger partial charge in [-0.25, -0.2) is 13.2 Å². The minimum absolute atomic E-state index is 0.00865. The fourth-order valence-electron chi connectivity index (χ4n) is 2.18. The van der Waals surface area contributed by atoms with E-state index in [1.807, 2.05) is 6.92 Å². The Balaban J connectivity index is 2.80. The van der Waals surface area contributed by atoms with Crippen molar-refractivity contribution in [3.63, 3.8) is 0 Å². The lowest BCUT2D eigenvalue weighted by atomic mass is 10.1. The molecular weight excluding hydrogens is 334 g/mol. The lowest BCUT2D eigenvalue weighted by Gasteiger charge is -2.09. The normalized spacial score (nSPS) is 11.2. The molecule has 2 N–H and O–H groups in total. The third-order valence-electron chi connectivity index (χ3n) is 3.24. The zero-order valence-corrected chi connectivity index (χ0v) is 14.7. The first-order chi connectivity index (χ1) is 11.3. The summed E-state index contributed by atoms with van der Waals surface area (Å²) in [5.74, 6) is -2.47. The van der Waals surface area contributed by atoms with Crippen molar-refractivity contribution in [3.05, 3.63) is 29.3 Å². The molecule has 0 saturated heterocycles. The van der Waals surface area contributed by atoms with Gasteiger partial charge in [-0.05, 0) is 30.2 Å². The second kappa shape index (κ2) is 9.39. The topological polar surface area (TPSA) is 110 Å². The number of unbranched alkanes of at least 4 members (excludes halogenated alkanes) is 2. The number of carboxylic acid groups (broad SMARTS) is 1. The van der Waals surface area contributed by atoms with Crippen molar-refractivity contribution in [2.45, 2.75) is 32.8 Å². The predicted molar refractivity (Wildman–Crippen MR) is 90.9 cm³/mol. The first kappa shape index (κ1) is 20.1. The molecule has 1 aromatic carbocycles. The number of hydrogen-bond donors (Lipinski definition) is 2. The fourth-order valence-corrected chi connectivity index (χ4v) is 3.44. The number of sulfone groups is 1. The Morgan fingerprint density at radius 3 is 2.50 bits per heavy atom. The van der Waals surface area contributed by atoms with Gasteiger partial charge < -0.3 is 15.2 Å². The van der Waals surface area contributed by atoms with Gasteiger partial charge in [0.2, 0.25) is 5.91 Å². The molecule has 0 spiro atoms. The Labute approximate surface area is 141 Å². The Morgan fingerprint density at radius 1 is 1.21 bits per heavy atom. The van der Waals surface area contributed by atoms with Crippen LogP contribution in [0.2, 0.25) is 0 Å². The highest BCUT2D eigenvalue weighted by Gasteiger charge is 2.17. The number of carbonyl (C=O) groups is 2. The van der Waals surface area contributed by atoms with Crippen LogP contribution in [-0.2, 0) is 26.0 Å². The summed E-state index contributed by atoms with van der Waals surface area (Å²) in [5.41, 5.74) is 0.792. The van der Waals surface area contributed by atoms with Crippen LogP contribution in [0.3, 0.4) is 0 Å². The monoisotopic (exact) mass is 357 g/mol. The molecule has 1 aromatic rings. The Bertz CT molecular complexity index is 684. The van der Waals surface area contributed by atoms with Crippen LogP contribution < -0.4 is 5.32 Å². The van der Waals surface area contributed by atoms with E-state index >= 15 is 0 Å². The molecule has 0 bridgehead atoms. The van der Waals surface area contributed by atoms with E-state index in [2.05, 4.69) is 5.32 Å². The summed E-state index contributed by atoms with van der Waals surface area (Å²) in [6.45, 7) is 2.14. The van der Waals surface area contributed by atoms with Crippen molar-refractivity contribution >= 4 is 27.4 Å². The molecule has 0 fully saturated rings. The van der Waals surface area contributed by atoms with E-state index < -0.39 is 27.5 Å². The predicted octanol–water partition coefficient (Wildman–Crippen LogP) is 2.07. The molecule has 0 aliphatic rings. The average Bonchev–Trinajstić information content (AvgIpc) is 2.46. The molecule has 0 aliphatic heterocycles. The maximum absolute atomic E-state index is 11.9. The Kier molecular flexibility index (Phi) is 7.87.